The van der Waals surface area contributed by atoms with Crippen molar-refractivity contribution in [2.24, 2.45) is 0 Å². The van der Waals surface area contributed by atoms with Crippen molar-refractivity contribution in [2.45, 2.75) is 36.3 Å². The number of morpholine rings is 2. The molecule has 4 aliphatic rings. The van der Waals surface area contributed by atoms with E-state index in [4.69, 9.17) is 14.6 Å². The summed E-state index contributed by atoms with van der Waals surface area (Å²) in [5.74, 6) is 5.37. The Morgan fingerprint density at radius 1 is 1.05 bits per heavy atom. The van der Waals surface area contributed by atoms with Crippen LogP contribution in [0.25, 0.3) is 16.9 Å². The highest BCUT2D eigenvalue weighted by atomic mass is 32.2. The number of hydrogen-bond acceptors (Lipinski definition) is 7. The maximum atomic E-state index is 13.9. The molecule has 0 radical (unpaired) electrons. The van der Waals surface area contributed by atoms with E-state index in [0.29, 0.717) is 30.0 Å². The number of benzene rings is 2. The third-order valence-corrected chi connectivity index (χ3v) is 9.58. The van der Waals surface area contributed by atoms with E-state index in [9.17, 15) is 13.2 Å². The van der Waals surface area contributed by atoms with Gasteiger partial charge in [0.05, 0.1) is 41.9 Å². The first kappa shape index (κ1) is 24.5. The molecule has 0 N–H and O–H groups in total. The SMILES string of the molecule is Cc1cccc2c1-c1c(c(C(=O)N3CCO[C@@H]4C#C[C@@H]43)nn1-c1ccc(CN3CCOCC3)cc1)CS2(=O)=O. The monoisotopic (exact) mass is 544 g/mol. The van der Waals surface area contributed by atoms with Crippen molar-refractivity contribution < 1.29 is 22.7 Å². The fourth-order valence-electron chi connectivity index (χ4n) is 5.81. The van der Waals surface area contributed by atoms with Crippen LogP contribution < -0.4 is 0 Å². The Morgan fingerprint density at radius 2 is 1.85 bits per heavy atom. The first-order valence-corrected chi connectivity index (χ1v) is 14.8. The van der Waals surface area contributed by atoms with Crippen molar-refractivity contribution in [2.75, 3.05) is 39.5 Å². The van der Waals surface area contributed by atoms with Gasteiger partial charge in [-0.25, -0.2) is 13.1 Å². The lowest BCUT2D eigenvalue weighted by Crippen LogP contribution is -2.56. The molecule has 1 amide bonds. The van der Waals surface area contributed by atoms with Gasteiger partial charge in [-0.2, -0.15) is 5.10 Å². The molecule has 9 nitrogen and oxygen atoms in total. The van der Waals surface area contributed by atoms with Gasteiger partial charge in [0.2, 0.25) is 0 Å². The number of rotatable bonds is 4. The maximum Gasteiger partial charge on any atom is 0.275 e. The minimum atomic E-state index is -3.66. The molecule has 39 heavy (non-hydrogen) atoms. The lowest BCUT2D eigenvalue weighted by molar-refractivity contribution is -0.0230. The van der Waals surface area contributed by atoms with Gasteiger partial charge in [0, 0.05) is 37.3 Å². The van der Waals surface area contributed by atoms with Crippen LogP contribution >= 0.6 is 0 Å². The number of aromatic nitrogens is 2. The maximum absolute atomic E-state index is 13.9. The fourth-order valence-corrected chi connectivity index (χ4v) is 7.48. The molecule has 10 heteroatoms. The van der Waals surface area contributed by atoms with Crippen LogP contribution in [0.1, 0.15) is 27.2 Å². The predicted octanol–water partition coefficient (Wildman–Crippen LogP) is 2.19. The van der Waals surface area contributed by atoms with Crippen molar-refractivity contribution in [3.05, 3.63) is 64.8 Å². The van der Waals surface area contributed by atoms with E-state index in [-0.39, 0.29) is 34.4 Å². The molecular weight excluding hydrogens is 516 g/mol. The van der Waals surface area contributed by atoms with Gasteiger partial charge in [0.25, 0.3) is 5.91 Å². The van der Waals surface area contributed by atoms with Crippen LogP contribution in [-0.2, 0) is 31.6 Å². The van der Waals surface area contributed by atoms with Crippen LogP contribution in [0, 0.1) is 18.8 Å². The summed E-state index contributed by atoms with van der Waals surface area (Å²) in [6.07, 6.45) is -0.300. The molecular formula is C29H28N4O5S. The third kappa shape index (κ3) is 4.08. The first-order chi connectivity index (χ1) is 18.9. The first-order valence-electron chi connectivity index (χ1n) is 13.2. The van der Waals surface area contributed by atoms with Crippen molar-refractivity contribution >= 4 is 15.7 Å². The van der Waals surface area contributed by atoms with Gasteiger partial charge in [-0.05, 0) is 36.2 Å². The number of nitrogens with zero attached hydrogens (tertiary/aromatic N) is 4. The van der Waals surface area contributed by atoms with Crippen molar-refractivity contribution in [3.63, 3.8) is 0 Å². The number of aryl methyl sites for hydroxylation is 1. The van der Waals surface area contributed by atoms with Gasteiger partial charge in [0.1, 0.15) is 12.1 Å². The number of hydrogen-bond donors (Lipinski definition) is 0. The summed E-state index contributed by atoms with van der Waals surface area (Å²) in [6, 6.07) is 13.1. The Balaban J connectivity index is 1.34. The summed E-state index contributed by atoms with van der Waals surface area (Å²) in [5.41, 5.74) is 4.62. The molecule has 1 aliphatic carbocycles. The summed E-state index contributed by atoms with van der Waals surface area (Å²) < 4.78 is 39.7. The van der Waals surface area contributed by atoms with Crippen LogP contribution in [0.15, 0.2) is 47.4 Å². The summed E-state index contributed by atoms with van der Waals surface area (Å²) >= 11 is 0. The van der Waals surface area contributed by atoms with Crippen LogP contribution in [0.3, 0.4) is 0 Å². The Hall–Kier alpha value is -3.49. The Labute approximate surface area is 227 Å². The molecule has 3 aliphatic heterocycles. The fraction of sp³-hybridized carbons (Fsp3) is 0.379. The normalized spacial score (nSPS) is 23.1. The average Bonchev–Trinajstić information content (AvgIpc) is 3.28. The van der Waals surface area contributed by atoms with Crippen molar-refractivity contribution in [3.8, 4) is 28.8 Å². The third-order valence-electron chi connectivity index (χ3n) is 7.90. The van der Waals surface area contributed by atoms with Crippen LogP contribution in [-0.4, -0.2) is 85.5 Å². The lowest BCUT2D eigenvalue weighted by atomic mass is 9.98. The van der Waals surface area contributed by atoms with E-state index in [2.05, 4.69) is 28.9 Å². The van der Waals surface area contributed by atoms with Gasteiger partial charge in [-0.1, -0.05) is 36.1 Å². The number of fused-ring (bicyclic) bond motifs is 4. The molecule has 0 spiro atoms. The Bertz CT molecular complexity index is 1640. The van der Waals surface area contributed by atoms with Gasteiger partial charge in [-0.3, -0.25) is 9.69 Å². The molecule has 2 aromatic carbocycles. The summed E-state index contributed by atoms with van der Waals surface area (Å²) in [4.78, 5) is 18.2. The van der Waals surface area contributed by atoms with Gasteiger partial charge in [0.15, 0.2) is 15.5 Å². The molecule has 2 fully saturated rings. The summed E-state index contributed by atoms with van der Waals surface area (Å²) in [6.45, 7) is 6.77. The zero-order chi connectivity index (χ0) is 26.7. The van der Waals surface area contributed by atoms with Crippen molar-refractivity contribution in [1.29, 1.82) is 0 Å². The van der Waals surface area contributed by atoms with E-state index in [0.717, 1.165) is 44.1 Å². The summed E-state index contributed by atoms with van der Waals surface area (Å²) in [5, 5.41) is 4.82. The largest absolute Gasteiger partial charge is 0.379 e. The topological polar surface area (TPSA) is 94.0 Å². The second kappa shape index (κ2) is 9.31. The minimum Gasteiger partial charge on any atom is -0.379 e. The molecule has 1 aromatic heterocycles. The van der Waals surface area contributed by atoms with Gasteiger partial charge in [-0.15, -0.1) is 0 Å². The number of sulfone groups is 1. The van der Waals surface area contributed by atoms with Crippen LogP contribution in [0.5, 0.6) is 0 Å². The standard InChI is InChI=1S/C29H28N4O5S/c1-19-3-2-4-25-26(19)28-22(18-39(25,35)36)27(29(34)32-13-16-38-24-10-9-23(24)32)30-33(28)21-7-5-20(6-8-21)17-31-11-14-37-15-12-31/h2-8,23-24H,11-18H2,1H3/t23-,24+/m0/s1. The van der Waals surface area contributed by atoms with E-state index in [1.54, 1.807) is 21.7 Å². The molecule has 0 unspecified atom stereocenters. The van der Waals surface area contributed by atoms with E-state index in [1.165, 1.54) is 5.56 Å². The lowest BCUT2D eigenvalue weighted by Gasteiger charge is -2.39. The second-order valence-electron chi connectivity index (χ2n) is 10.4. The van der Waals surface area contributed by atoms with E-state index < -0.39 is 9.84 Å². The Kier molecular flexibility index (Phi) is 5.86. The van der Waals surface area contributed by atoms with Gasteiger partial charge < -0.3 is 14.4 Å². The summed E-state index contributed by atoms with van der Waals surface area (Å²) in [7, 11) is -3.66. The Morgan fingerprint density at radius 3 is 2.59 bits per heavy atom. The smallest absolute Gasteiger partial charge is 0.275 e. The molecule has 7 rings (SSSR count). The van der Waals surface area contributed by atoms with Gasteiger partial charge >= 0.3 is 0 Å². The minimum absolute atomic E-state index is 0.161. The number of carbonyl (C=O) groups is 1. The van der Waals surface area contributed by atoms with Crippen LogP contribution in [0.4, 0.5) is 0 Å². The second-order valence-corrected chi connectivity index (χ2v) is 12.3. The number of ether oxygens (including phenoxy) is 2. The van der Waals surface area contributed by atoms with Crippen LogP contribution in [0.2, 0.25) is 0 Å². The predicted molar refractivity (Wildman–Crippen MR) is 143 cm³/mol. The highest BCUT2D eigenvalue weighted by molar-refractivity contribution is 7.90. The zero-order valence-corrected chi connectivity index (χ0v) is 22.4. The molecule has 2 atom stereocenters. The zero-order valence-electron chi connectivity index (χ0n) is 21.6. The quantitative estimate of drug-likeness (QED) is 0.465. The number of carbonyl (C=O) groups excluding carboxylic acids is 1. The van der Waals surface area contributed by atoms with E-state index >= 15 is 0 Å². The molecule has 3 aromatic rings. The van der Waals surface area contributed by atoms with E-state index in [1.807, 2.05) is 25.1 Å². The highest BCUT2D eigenvalue weighted by Gasteiger charge is 2.42. The van der Waals surface area contributed by atoms with Crippen molar-refractivity contribution in [1.82, 2.24) is 19.6 Å². The molecule has 2 saturated heterocycles. The average molecular weight is 545 g/mol. The molecule has 200 valence electrons. The molecule has 4 heterocycles. The molecule has 0 bridgehead atoms. The number of amides is 1. The highest BCUT2D eigenvalue weighted by Crippen LogP contribution is 2.43. The molecule has 0 saturated carbocycles.